The number of fused-ring (bicyclic) bond motifs is 1. The average molecular weight is 276 g/mol. The van der Waals surface area contributed by atoms with Gasteiger partial charge in [0.15, 0.2) is 0 Å². The van der Waals surface area contributed by atoms with Gasteiger partial charge < -0.3 is 4.74 Å². The Morgan fingerprint density at radius 1 is 0.857 bits per heavy atom. The maximum Gasteiger partial charge on any atom is 0.338 e. The number of hydrogen-bond donors (Lipinski definition) is 0. The summed E-state index contributed by atoms with van der Waals surface area (Å²) in [6.07, 6.45) is -0.276. The van der Waals surface area contributed by atoms with E-state index in [1.165, 1.54) is 5.39 Å². The van der Waals surface area contributed by atoms with Gasteiger partial charge in [0.25, 0.3) is 0 Å². The van der Waals surface area contributed by atoms with Gasteiger partial charge in [0.2, 0.25) is 0 Å². The lowest BCUT2D eigenvalue weighted by Crippen LogP contribution is -2.09. The van der Waals surface area contributed by atoms with Crippen LogP contribution >= 0.6 is 0 Å². The summed E-state index contributed by atoms with van der Waals surface area (Å²) in [6.45, 7) is 1.89. The molecule has 0 unspecified atom stereocenters. The van der Waals surface area contributed by atoms with Crippen LogP contribution < -0.4 is 0 Å². The van der Waals surface area contributed by atoms with Crippen molar-refractivity contribution in [2.45, 2.75) is 13.0 Å². The number of benzene rings is 3. The van der Waals surface area contributed by atoms with Crippen LogP contribution in [0.4, 0.5) is 0 Å². The third kappa shape index (κ3) is 2.95. The molecule has 0 N–H and O–H groups in total. The highest BCUT2D eigenvalue weighted by atomic mass is 16.5. The molecule has 0 bridgehead atoms. The molecular formula is C19H16O2. The third-order valence-electron chi connectivity index (χ3n) is 3.54. The Morgan fingerprint density at radius 3 is 2.29 bits per heavy atom. The maximum absolute atomic E-state index is 12.1. The molecule has 1 atom stereocenters. The van der Waals surface area contributed by atoms with Gasteiger partial charge in [-0.05, 0) is 41.5 Å². The molecule has 0 saturated carbocycles. The topological polar surface area (TPSA) is 26.3 Å². The van der Waals surface area contributed by atoms with Crippen LogP contribution in [0.15, 0.2) is 72.8 Å². The number of rotatable bonds is 3. The Bertz CT molecular complexity index is 763. The van der Waals surface area contributed by atoms with Crippen LogP contribution in [0.2, 0.25) is 0 Å². The second-order valence-electron chi connectivity index (χ2n) is 5.02. The number of carbonyl (C=O) groups excluding carboxylic acids is 1. The SMILES string of the molecule is C[C@@H](OC(=O)c1ccccc1)c1ccc2ccccc2c1. The quantitative estimate of drug-likeness (QED) is 0.645. The summed E-state index contributed by atoms with van der Waals surface area (Å²) in [5.41, 5.74) is 1.57. The first-order valence-corrected chi connectivity index (χ1v) is 6.99. The Balaban J connectivity index is 1.80. The highest BCUT2D eigenvalue weighted by Crippen LogP contribution is 2.23. The van der Waals surface area contributed by atoms with Gasteiger partial charge in [-0.2, -0.15) is 0 Å². The standard InChI is InChI=1S/C19H16O2/c1-14(21-19(20)16-8-3-2-4-9-16)17-12-11-15-7-5-6-10-18(15)13-17/h2-14H,1H3/t14-/m1/s1. The molecule has 2 heteroatoms. The van der Waals surface area contributed by atoms with Crippen molar-refractivity contribution in [1.29, 1.82) is 0 Å². The van der Waals surface area contributed by atoms with Gasteiger partial charge in [0.05, 0.1) is 5.56 Å². The fourth-order valence-corrected chi connectivity index (χ4v) is 2.33. The number of hydrogen-bond acceptors (Lipinski definition) is 2. The van der Waals surface area contributed by atoms with Gasteiger partial charge in [-0.1, -0.05) is 54.6 Å². The van der Waals surface area contributed by atoms with Crippen LogP contribution in [-0.4, -0.2) is 5.97 Å². The lowest BCUT2D eigenvalue weighted by atomic mass is 10.0. The van der Waals surface area contributed by atoms with Gasteiger partial charge in [0, 0.05) is 0 Å². The minimum Gasteiger partial charge on any atom is -0.454 e. The first-order chi connectivity index (χ1) is 10.2. The summed E-state index contributed by atoms with van der Waals surface area (Å²) >= 11 is 0. The first-order valence-electron chi connectivity index (χ1n) is 6.99. The van der Waals surface area contributed by atoms with Gasteiger partial charge in [-0.15, -0.1) is 0 Å². The van der Waals surface area contributed by atoms with Crippen molar-refractivity contribution in [3.8, 4) is 0 Å². The van der Waals surface area contributed by atoms with Crippen LogP contribution in [0.25, 0.3) is 10.8 Å². The van der Waals surface area contributed by atoms with Crippen LogP contribution in [0, 0.1) is 0 Å². The van der Waals surface area contributed by atoms with Crippen LogP contribution in [0.1, 0.15) is 28.9 Å². The average Bonchev–Trinajstić information content (AvgIpc) is 2.55. The molecule has 0 aliphatic rings. The minimum absolute atomic E-state index is 0.276. The predicted octanol–water partition coefficient (Wildman–Crippen LogP) is 4.76. The highest BCUT2D eigenvalue weighted by molar-refractivity contribution is 5.89. The van der Waals surface area contributed by atoms with Crippen molar-refractivity contribution >= 4 is 16.7 Å². The zero-order valence-corrected chi connectivity index (χ0v) is 11.8. The third-order valence-corrected chi connectivity index (χ3v) is 3.54. The van der Waals surface area contributed by atoms with E-state index in [0.29, 0.717) is 5.56 Å². The lowest BCUT2D eigenvalue weighted by molar-refractivity contribution is 0.0338. The zero-order valence-electron chi connectivity index (χ0n) is 11.8. The Hall–Kier alpha value is -2.61. The minimum atomic E-state index is -0.295. The van der Waals surface area contributed by atoms with Crippen LogP contribution in [0.3, 0.4) is 0 Å². The second kappa shape index (κ2) is 5.80. The van der Waals surface area contributed by atoms with E-state index in [0.717, 1.165) is 10.9 Å². The summed E-state index contributed by atoms with van der Waals surface area (Å²) in [7, 11) is 0. The van der Waals surface area contributed by atoms with Crippen molar-refractivity contribution in [1.82, 2.24) is 0 Å². The summed E-state index contributed by atoms with van der Waals surface area (Å²) in [6, 6.07) is 23.3. The van der Waals surface area contributed by atoms with Gasteiger partial charge in [-0.25, -0.2) is 4.79 Å². The summed E-state index contributed by atoms with van der Waals surface area (Å²) in [5.74, 6) is -0.295. The molecule has 3 aromatic carbocycles. The van der Waals surface area contributed by atoms with E-state index in [1.807, 2.05) is 43.3 Å². The summed E-state index contributed by atoms with van der Waals surface area (Å²) < 4.78 is 5.53. The molecule has 0 aliphatic carbocycles. The van der Waals surface area contributed by atoms with E-state index in [1.54, 1.807) is 12.1 Å². The largest absolute Gasteiger partial charge is 0.454 e. The molecule has 0 aliphatic heterocycles. The van der Waals surface area contributed by atoms with Crippen LogP contribution in [-0.2, 0) is 4.74 Å². The normalized spacial score (nSPS) is 12.0. The Kier molecular flexibility index (Phi) is 3.69. The van der Waals surface area contributed by atoms with Gasteiger partial charge in [-0.3, -0.25) is 0 Å². The molecule has 3 rings (SSSR count). The molecule has 0 amide bonds. The first kappa shape index (κ1) is 13.4. The fourth-order valence-electron chi connectivity index (χ4n) is 2.33. The summed E-state index contributed by atoms with van der Waals surface area (Å²) in [5, 5.41) is 2.33. The molecule has 0 fully saturated rings. The van der Waals surface area contributed by atoms with Crippen molar-refractivity contribution < 1.29 is 9.53 Å². The van der Waals surface area contributed by atoms with Gasteiger partial charge >= 0.3 is 5.97 Å². The number of carbonyl (C=O) groups is 1. The van der Waals surface area contributed by atoms with E-state index < -0.39 is 0 Å². The Labute approximate surface area is 124 Å². The van der Waals surface area contributed by atoms with E-state index in [4.69, 9.17) is 4.74 Å². The van der Waals surface area contributed by atoms with E-state index >= 15 is 0 Å². The van der Waals surface area contributed by atoms with Crippen molar-refractivity contribution in [3.63, 3.8) is 0 Å². The molecule has 0 radical (unpaired) electrons. The molecule has 21 heavy (non-hydrogen) atoms. The molecule has 0 saturated heterocycles. The molecule has 3 aromatic rings. The predicted molar refractivity (Wildman–Crippen MR) is 84.2 cm³/mol. The number of ether oxygens (including phenoxy) is 1. The molecule has 104 valence electrons. The zero-order chi connectivity index (χ0) is 14.7. The van der Waals surface area contributed by atoms with Crippen molar-refractivity contribution in [2.75, 3.05) is 0 Å². The van der Waals surface area contributed by atoms with Gasteiger partial charge in [0.1, 0.15) is 6.10 Å². The molecule has 2 nitrogen and oxygen atoms in total. The second-order valence-corrected chi connectivity index (χ2v) is 5.02. The summed E-state index contributed by atoms with van der Waals surface area (Å²) in [4.78, 5) is 12.1. The molecule has 0 aromatic heterocycles. The smallest absolute Gasteiger partial charge is 0.338 e. The highest BCUT2D eigenvalue weighted by Gasteiger charge is 2.13. The fraction of sp³-hybridized carbons (Fsp3) is 0.105. The number of esters is 1. The van der Waals surface area contributed by atoms with E-state index in [9.17, 15) is 4.79 Å². The van der Waals surface area contributed by atoms with E-state index in [2.05, 4.69) is 24.3 Å². The van der Waals surface area contributed by atoms with E-state index in [-0.39, 0.29) is 12.1 Å². The molecule has 0 heterocycles. The van der Waals surface area contributed by atoms with Crippen LogP contribution in [0.5, 0.6) is 0 Å². The molecular weight excluding hydrogens is 260 g/mol. The Morgan fingerprint density at radius 2 is 1.52 bits per heavy atom. The maximum atomic E-state index is 12.1. The van der Waals surface area contributed by atoms with Crippen molar-refractivity contribution in [3.05, 3.63) is 83.9 Å². The molecule has 0 spiro atoms. The monoisotopic (exact) mass is 276 g/mol. The van der Waals surface area contributed by atoms with Crippen molar-refractivity contribution in [2.24, 2.45) is 0 Å². The lowest BCUT2D eigenvalue weighted by Gasteiger charge is -2.14.